The van der Waals surface area contributed by atoms with E-state index in [9.17, 15) is 19.8 Å². The van der Waals surface area contributed by atoms with E-state index in [4.69, 9.17) is 18.9 Å². The largest absolute Gasteiger partial charge is 0.481 e. The second-order valence-electron chi connectivity index (χ2n) is 20.2. The van der Waals surface area contributed by atoms with Crippen LogP contribution in [0.3, 0.4) is 0 Å². The Morgan fingerprint density at radius 3 is 0.962 bits per heavy atom. The van der Waals surface area contributed by atoms with Crippen molar-refractivity contribution in [1.82, 2.24) is 4.90 Å². The van der Waals surface area contributed by atoms with Gasteiger partial charge < -0.3 is 29.2 Å². The summed E-state index contributed by atoms with van der Waals surface area (Å²) in [6.45, 7) is 8.06. The SMILES string of the molecule is CC(C)c1cccc(C(C)C)c1N1C(=O)c2cc(Oc3ccccc3)c3c4c(Oc5ccccc5)cc5c6c(cc(Oc7ccccc7)c(c7c(Oc8ccccc8)cc(c2c37)C1=O)c64)C(=O)N(C(CC(=O)O)CC(=O)O)C5=O. The molecular weight excluding hydrogens is 1000 g/mol. The van der Waals surface area contributed by atoms with Gasteiger partial charge in [-0.15, -0.1) is 0 Å². The van der Waals surface area contributed by atoms with Crippen LogP contribution in [0.5, 0.6) is 46.0 Å². The lowest BCUT2D eigenvalue weighted by Crippen LogP contribution is -2.48. The molecule has 2 N–H and O–H groups in total. The summed E-state index contributed by atoms with van der Waals surface area (Å²) in [6, 6.07) is 45.7. The van der Waals surface area contributed by atoms with Gasteiger partial charge in [-0.25, -0.2) is 4.90 Å². The van der Waals surface area contributed by atoms with Crippen molar-refractivity contribution in [3.63, 3.8) is 0 Å². The van der Waals surface area contributed by atoms with Gasteiger partial charge in [-0.1, -0.05) is 119 Å². The fourth-order valence-electron chi connectivity index (χ4n) is 11.3. The topological polar surface area (TPSA) is 186 Å². The molecule has 14 heteroatoms. The van der Waals surface area contributed by atoms with E-state index in [0.717, 1.165) is 11.1 Å². The van der Waals surface area contributed by atoms with Gasteiger partial charge in [0.15, 0.2) is 0 Å². The summed E-state index contributed by atoms with van der Waals surface area (Å²) in [5.74, 6) is -4.43. The van der Waals surface area contributed by atoms with Crippen LogP contribution in [-0.4, -0.2) is 56.7 Å². The van der Waals surface area contributed by atoms with Crippen molar-refractivity contribution in [3.8, 4) is 46.0 Å². The van der Waals surface area contributed by atoms with Gasteiger partial charge in [0.05, 0.1) is 46.8 Å². The predicted octanol–water partition coefficient (Wildman–Crippen LogP) is 14.9. The first kappa shape index (κ1) is 49.8. The molecule has 4 amide bonds. The van der Waals surface area contributed by atoms with Crippen LogP contribution >= 0.6 is 0 Å². The number of anilines is 1. The zero-order chi connectivity index (χ0) is 55.0. The highest BCUT2D eigenvalue weighted by Gasteiger charge is 2.45. The fourth-order valence-corrected chi connectivity index (χ4v) is 11.3. The number of hydrogen-bond donors (Lipinski definition) is 2. The van der Waals surface area contributed by atoms with E-state index < -0.39 is 54.5 Å². The van der Waals surface area contributed by atoms with Crippen molar-refractivity contribution in [2.75, 3.05) is 4.90 Å². The Bertz CT molecular complexity index is 3930. The molecule has 2 aliphatic heterocycles. The van der Waals surface area contributed by atoms with Gasteiger partial charge >= 0.3 is 11.9 Å². The molecule has 0 saturated carbocycles. The van der Waals surface area contributed by atoms with E-state index in [-0.39, 0.29) is 84.0 Å². The molecule has 0 saturated heterocycles. The molecule has 0 bridgehead atoms. The van der Waals surface area contributed by atoms with Gasteiger partial charge in [0.1, 0.15) is 46.0 Å². The fraction of sp³-hybridized carbons (Fsp3) is 0.138. The Morgan fingerprint density at radius 2 is 0.684 bits per heavy atom. The molecule has 0 radical (unpaired) electrons. The lowest BCUT2D eigenvalue weighted by Gasteiger charge is -2.35. The highest BCUT2D eigenvalue weighted by Crippen LogP contribution is 2.58. The number of carboxylic acids is 2. The molecule has 2 heterocycles. The van der Waals surface area contributed by atoms with E-state index in [1.165, 1.54) is 17.0 Å². The molecule has 14 nitrogen and oxygen atoms in total. The van der Waals surface area contributed by atoms with Gasteiger partial charge in [0, 0.05) is 43.1 Å². The van der Waals surface area contributed by atoms with Crippen LogP contribution in [0.25, 0.3) is 43.1 Å². The predicted molar refractivity (Wildman–Crippen MR) is 298 cm³/mol. The smallest absolute Gasteiger partial charge is 0.305 e. The molecule has 0 unspecified atom stereocenters. The van der Waals surface area contributed by atoms with Gasteiger partial charge in [0.2, 0.25) is 0 Å². The second-order valence-corrected chi connectivity index (χ2v) is 20.2. The van der Waals surface area contributed by atoms with Crippen molar-refractivity contribution in [2.24, 2.45) is 0 Å². The molecule has 0 aromatic heterocycles. The Kier molecular flexibility index (Phi) is 12.3. The maximum atomic E-state index is 16.0. The van der Waals surface area contributed by atoms with E-state index in [2.05, 4.69) is 0 Å². The average Bonchev–Trinajstić information content (AvgIpc) is 1.98. The quantitative estimate of drug-likeness (QED) is 0.0531. The molecule has 0 fully saturated rings. The molecule has 0 spiro atoms. The number of para-hydroxylation sites is 5. The third-order valence-electron chi connectivity index (χ3n) is 14.6. The lowest BCUT2D eigenvalue weighted by atomic mass is 9.80. The van der Waals surface area contributed by atoms with Crippen LogP contribution in [0.2, 0.25) is 0 Å². The first-order valence-corrected chi connectivity index (χ1v) is 25.8. The normalized spacial score (nSPS) is 13.3. The van der Waals surface area contributed by atoms with E-state index >= 15 is 19.2 Å². The summed E-state index contributed by atoms with van der Waals surface area (Å²) in [6.07, 6.45) is -1.73. The van der Waals surface area contributed by atoms with Gasteiger partial charge in [-0.3, -0.25) is 33.7 Å². The number of rotatable bonds is 16. The molecule has 0 aliphatic carbocycles. The maximum absolute atomic E-state index is 16.0. The molecule has 0 atom stereocenters. The van der Waals surface area contributed by atoms with Crippen LogP contribution in [-0.2, 0) is 9.59 Å². The number of nitrogens with zero attached hydrogens (tertiary/aromatic N) is 2. The van der Waals surface area contributed by atoms with Gasteiger partial charge in [0.25, 0.3) is 23.6 Å². The Balaban J connectivity index is 1.31. The number of carbonyl (C=O) groups is 6. The van der Waals surface area contributed by atoms with Crippen molar-refractivity contribution >= 4 is 84.3 Å². The molecule has 10 aromatic carbocycles. The van der Waals surface area contributed by atoms with Crippen molar-refractivity contribution in [3.05, 3.63) is 197 Å². The number of benzene rings is 10. The van der Waals surface area contributed by atoms with Crippen molar-refractivity contribution < 1.29 is 57.9 Å². The summed E-state index contributed by atoms with van der Waals surface area (Å²) in [5.41, 5.74) is 2.12. The molecule has 2 aliphatic rings. The summed E-state index contributed by atoms with van der Waals surface area (Å²) in [5, 5.41) is 22.3. The monoisotopic (exact) mass is 1050 g/mol. The van der Waals surface area contributed by atoms with Gasteiger partial charge in [-0.05, 0) is 95.8 Å². The van der Waals surface area contributed by atoms with Crippen LogP contribution in [0, 0.1) is 0 Å². The minimum Gasteiger partial charge on any atom is -0.481 e. The Hall–Kier alpha value is -10.1. The summed E-state index contributed by atoms with van der Waals surface area (Å²) < 4.78 is 27.8. The number of imide groups is 2. The summed E-state index contributed by atoms with van der Waals surface area (Å²) >= 11 is 0. The number of aliphatic carboxylic acids is 2. The van der Waals surface area contributed by atoms with Crippen molar-refractivity contribution in [1.29, 1.82) is 0 Å². The number of carbonyl (C=O) groups excluding carboxylic acids is 4. The third kappa shape index (κ3) is 8.36. The summed E-state index contributed by atoms with van der Waals surface area (Å²) in [4.78, 5) is 89.5. The van der Waals surface area contributed by atoms with Crippen LogP contribution in [0.15, 0.2) is 164 Å². The highest BCUT2D eigenvalue weighted by atomic mass is 16.5. The molecular formula is C65H48N2O12. The highest BCUT2D eigenvalue weighted by molar-refractivity contribution is 6.47. The number of amides is 4. The van der Waals surface area contributed by atoms with E-state index in [1.54, 1.807) is 121 Å². The van der Waals surface area contributed by atoms with Crippen LogP contribution in [0.1, 0.15) is 105 Å². The zero-order valence-corrected chi connectivity index (χ0v) is 43.1. The average molecular weight is 1050 g/mol. The first-order chi connectivity index (χ1) is 38.2. The van der Waals surface area contributed by atoms with Crippen molar-refractivity contribution in [2.45, 2.75) is 58.4 Å². The number of fused-ring (bicyclic) bond motifs is 2. The molecule has 79 heavy (non-hydrogen) atoms. The van der Waals surface area contributed by atoms with Crippen LogP contribution < -0.4 is 23.8 Å². The maximum Gasteiger partial charge on any atom is 0.305 e. The molecule has 390 valence electrons. The minimum absolute atomic E-state index is 0.0470. The Morgan fingerprint density at radius 1 is 0.392 bits per heavy atom. The Labute approximate surface area is 451 Å². The molecule has 10 aromatic rings. The first-order valence-electron chi connectivity index (χ1n) is 25.8. The van der Waals surface area contributed by atoms with E-state index in [0.29, 0.717) is 49.7 Å². The standard InChI is InChI=1S/C65H48N2O12/c1-34(2)41-26-17-27-42(35(3)4)61(41)67-64(74)45-32-49(78-39-22-13-7-14-23-39)57-55-47(76-37-18-9-5-10-19-37)30-43-53-44(63(73)66(62(43)72)36(28-51(68)69)29-52(70)71)31-48(77-38-20-11-6-12-21-38)56(59(53)55)58-50(79-40-24-15-8-16-25-40)33-46(65(67)75)54(45)60(57)58/h5-27,30-36H,28-29H2,1-4H3,(H,68,69)(H,70,71). The van der Waals surface area contributed by atoms with E-state index in [1.807, 2.05) is 58.0 Å². The number of carboxylic acid groups (broad SMARTS) is 2. The summed E-state index contributed by atoms with van der Waals surface area (Å²) in [7, 11) is 0. The zero-order valence-electron chi connectivity index (χ0n) is 43.1. The third-order valence-corrected chi connectivity index (χ3v) is 14.6. The van der Waals surface area contributed by atoms with Crippen LogP contribution in [0.4, 0.5) is 5.69 Å². The number of hydrogen-bond acceptors (Lipinski definition) is 10. The number of ether oxygens (including phenoxy) is 4. The lowest BCUT2D eigenvalue weighted by molar-refractivity contribution is -0.140. The minimum atomic E-state index is -1.62. The molecule has 12 rings (SSSR count). The second kappa shape index (κ2) is 19.5. The van der Waals surface area contributed by atoms with Gasteiger partial charge in [-0.2, -0.15) is 0 Å².